The number of carbonyl (C=O) groups is 1. The Kier molecular flexibility index (Phi) is 3.88. The zero-order valence-electron chi connectivity index (χ0n) is 10.9. The number of aromatic nitrogens is 1. The summed E-state index contributed by atoms with van der Waals surface area (Å²) in [6.45, 7) is 5.71. The lowest BCUT2D eigenvalue weighted by Crippen LogP contribution is -2.56. The number of pyridine rings is 1. The first-order valence-electron chi connectivity index (χ1n) is 6.11. The average molecular weight is 268 g/mol. The molecule has 1 amide bonds. The number of carbonyl (C=O) groups excluding carboxylic acids is 1. The van der Waals surface area contributed by atoms with Crippen LogP contribution >= 0.6 is 11.6 Å². The van der Waals surface area contributed by atoms with E-state index >= 15 is 0 Å². The number of halogens is 1. The van der Waals surface area contributed by atoms with Crippen LogP contribution in [-0.2, 0) is 0 Å². The highest BCUT2D eigenvalue weighted by molar-refractivity contribution is 6.33. The molecule has 2 atom stereocenters. The van der Waals surface area contributed by atoms with Crippen molar-refractivity contribution in [3.05, 3.63) is 29.0 Å². The second kappa shape index (κ2) is 5.24. The first-order chi connectivity index (χ1) is 8.50. The van der Waals surface area contributed by atoms with Crippen molar-refractivity contribution in [2.75, 3.05) is 20.1 Å². The fraction of sp³-hybridized carbons (Fsp3) is 0.538. The van der Waals surface area contributed by atoms with Crippen molar-refractivity contribution in [2.45, 2.75) is 25.9 Å². The molecule has 0 N–H and O–H groups in total. The molecule has 1 aliphatic rings. The summed E-state index contributed by atoms with van der Waals surface area (Å²) in [6, 6.07) is 2.36. The van der Waals surface area contributed by atoms with E-state index in [0.717, 1.165) is 13.1 Å². The molecule has 0 aliphatic carbocycles. The minimum Gasteiger partial charge on any atom is -0.335 e. The summed E-state index contributed by atoms with van der Waals surface area (Å²) in [5.74, 6) is -0.0279. The van der Waals surface area contributed by atoms with Gasteiger partial charge >= 0.3 is 0 Å². The molecule has 0 bridgehead atoms. The van der Waals surface area contributed by atoms with Gasteiger partial charge in [0, 0.05) is 37.6 Å². The van der Waals surface area contributed by atoms with E-state index in [-0.39, 0.29) is 5.91 Å². The molecule has 2 rings (SSSR count). The van der Waals surface area contributed by atoms with Gasteiger partial charge in [-0.15, -0.1) is 0 Å². The average Bonchev–Trinajstić information content (AvgIpc) is 2.35. The van der Waals surface area contributed by atoms with Crippen LogP contribution in [-0.4, -0.2) is 52.9 Å². The van der Waals surface area contributed by atoms with Gasteiger partial charge in [-0.25, -0.2) is 0 Å². The minimum atomic E-state index is -0.0279. The first kappa shape index (κ1) is 13.3. The smallest absolute Gasteiger partial charge is 0.257 e. The van der Waals surface area contributed by atoms with Gasteiger partial charge < -0.3 is 4.90 Å². The van der Waals surface area contributed by atoms with E-state index < -0.39 is 0 Å². The van der Waals surface area contributed by atoms with Crippen molar-refractivity contribution in [1.82, 2.24) is 14.8 Å². The van der Waals surface area contributed by atoms with E-state index in [1.54, 1.807) is 18.5 Å². The first-order valence-corrected chi connectivity index (χ1v) is 6.49. The van der Waals surface area contributed by atoms with Gasteiger partial charge in [-0.1, -0.05) is 11.6 Å². The minimum absolute atomic E-state index is 0.0279. The Balaban J connectivity index is 2.18. The summed E-state index contributed by atoms with van der Waals surface area (Å²) in [6.07, 6.45) is 3.13. The second-order valence-corrected chi connectivity index (χ2v) is 5.34. The van der Waals surface area contributed by atoms with Gasteiger partial charge in [0.05, 0.1) is 10.6 Å². The number of nitrogens with zero attached hydrogens (tertiary/aromatic N) is 3. The molecule has 1 saturated heterocycles. The van der Waals surface area contributed by atoms with Crippen LogP contribution in [0.4, 0.5) is 0 Å². The predicted molar refractivity (Wildman–Crippen MR) is 71.8 cm³/mol. The molecule has 1 aromatic rings. The highest BCUT2D eigenvalue weighted by Gasteiger charge is 2.30. The molecule has 0 saturated carbocycles. The fourth-order valence-electron chi connectivity index (χ4n) is 2.28. The lowest BCUT2D eigenvalue weighted by molar-refractivity contribution is 0.0414. The molecular weight excluding hydrogens is 250 g/mol. The largest absolute Gasteiger partial charge is 0.335 e. The van der Waals surface area contributed by atoms with Crippen molar-refractivity contribution < 1.29 is 4.79 Å². The van der Waals surface area contributed by atoms with Crippen molar-refractivity contribution >= 4 is 17.5 Å². The van der Waals surface area contributed by atoms with Crippen molar-refractivity contribution in [2.24, 2.45) is 0 Å². The Bertz CT molecular complexity index is 440. The van der Waals surface area contributed by atoms with Crippen LogP contribution in [0.1, 0.15) is 24.2 Å². The number of amides is 1. The van der Waals surface area contributed by atoms with Crippen molar-refractivity contribution in [1.29, 1.82) is 0 Å². The van der Waals surface area contributed by atoms with E-state index in [4.69, 9.17) is 11.6 Å². The van der Waals surface area contributed by atoms with Gasteiger partial charge in [0.1, 0.15) is 0 Å². The Labute approximate surface area is 113 Å². The van der Waals surface area contributed by atoms with Crippen LogP contribution in [0.5, 0.6) is 0 Å². The molecule has 5 heteroatoms. The SMILES string of the molecule is CC1CN(C(=O)c2cnccc2Cl)CC(C)N1C. The van der Waals surface area contributed by atoms with Crippen LogP contribution in [0.3, 0.4) is 0 Å². The summed E-state index contributed by atoms with van der Waals surface area (Å²) in [7, 11) is 2.09. The molecular formula is C13H18ClN3O. The van der Waals surface area contributed by atoms with Crippen molar-refractivity contribution in [3.8, 4) is 0 Å². The maximum Gasteiger partial charge on any atom is 0.257 e. The number of hydrogen-bond donors (Lipinski definition) is 0. The molecule has 98 valence electrons. The number of piperazine rings is 1. The normalized spacial score (nSPS) is 25.2. The Morgan fingerprint density at radius 2 is 2.00 bits per heavy atom. The molecule has 1 aromatic heterocycles. The van der Waals surface area contributed by atoms with Crippen LogP contribution in [0.15, 0.2) is 18.5 Å². The van der Waals surface area contributed by atoms with Crippen LogP contribution in [0, 0.1) is 0 Å². The van der Waals surface area contributed by atoms with Gasteiger partial charge in [0.2, 0.25) is 0 Å². The van der Waals surface area contributed by atoms with Crippen LogP contribution in [0.25, 0.3) is 0 Å². The summed E-state index contributed by atoms with van der Waals surface area (Å²) in [5, 5.41) is 0.467. The third-order valence-corrected chi connectivity index (χ3v) is 3.97. The number of rotatable bonds is 1. The third kappa shape index (κ3) is 2.49. The van der Waals surface area contributed by atoms with E-state index in [1.165, 1.54) is 0 Å². The molecule has 18 heavy (non-hydrogen) atoms. The fourth-order valence-corrected chi connectivity index (χ4v) is 2.46. The maximum atomic E-state index is 12.4. The lowest BCUT2D eigenvalue weighted by Gasteiger charge is -2.42. The van der Waals surface area contributed by atoms with Crippen molar-refractivity contribution in [3.63, 3.8) is 0 Å². The standard InChI is InChI=1S/C13H18ClN3O/c1-9-7-17(8-10(2)16(9)3)13(18)11-6-15-5-4-12(11)14/h4-6,9-10H,7-8H2,1-3H3. The lowest BCUT2D eigenvalue weighted by atomic mass is 10.1. The summed E-state index contributed by atoms with van der Waals surface area (Å²) in [5.41, 5.74) is 0.489. The zero-order valence-corrected chi connectivity index (χ0v) is 11.7. The summed E-state index contributed by atoms with van der Waals surface area (Å²) < 4.78 is 0. The number of hydrogen-bond acceptors (Lipinski definition) is 3. The van der Waals surface area contributed by atoms with Crippen LogP contribution < -0.4 is 0 Å². The van der Waals surface area contributed by atoms with Gasteiger partial charge in [-0.2, -0.15) is 0 Å². The molecule has 0 spiro atoms. The number of likely N-dealkylation sites (N-methyl/N-ethyl adjacent to an activating group) is 1. The van der Waals surface area contributed by atoms with E-state index in [2.05, 4.69) is 30.8 Å². The van der Waals surface area contributed by atoms with Gasteiger partial charge in [0.15, 0.2) is 0 Å². The summed E-state index contributed by atoms with van der Waals surface area (Å²) in [4.78, 5) is 20.5. The van der Waals surface area contributed by atoms with Gasteiger partial charge in [0.25, 0.3) is 5.91 Å². The Morgan fingerprint density at radius 3 is 2.56 bits per heavy atom. The molecule has 1 aliphatic heterocycles. The van der Waals surface area contributed by atoms with E-state index in [1.807, 2.05) is 4.90 Å². The molecule has 2 unspecified atom stereocenters. The summed E-state index contributed by atoms with van der Waals surface area (Å²) >= 11 is 6.04. The molecule has 4 nitrogen and oxygen atoms in total. The molecule has 0 aromatic carbocycles. The highest BCUT2D eigenvalue weighted by atomic mass is 35.5. The highest BCUT2D eigenvalue weighted by Crippen LogP contribution is 2.20. The molecule has 0 radical (unpaired) electrons. The molecule has 2 heterocycles. The quantitative estimate of drug-likeness (QED) is 0.780. The topological polar surface area (TPSA) is 36.4 Å². The third-order valence-electron chi connectivity index (χ3n) is 3.65. The molecule has 1 fully saturated rings. The van der Waals surface area contributed by atoms with E-state index in [0.29, 0.717) is 22.7 Å². The second-order valence-electron chi connectivity index (χ2n) is 4.93. The van der Waals surface area contributed by atoms with Crippen LogP contribution in [0.2, 0.25) is 5.02 Å². The van der Waals surface area contributed by atoms with E-state index in [9.17, 15) is 4.79 Å². The maximum absolute atomic E-state index is 12.4. The monoisotopic (exact) mass is 267 g/mol. The van der Waals surface area contributed by atoms with Gasteiger partial charge in [-0.05, 0) is 27.0 Å². The predicted octanol–water partition coefficient (Wildman–Crippen LogP) is 1.90. The Hall–Kier alpha value is -1.13. The Morgan fingerprint density at radius 1 is 1.39 bits per heavy atom. The van der Waals surface area contributed by atoms with Gasteiger partial charge in [-0.3, -0.25) is 14.7 Å². The zero-order chi connectivity index (χ0) is 13.3.